The van der Waals surface area contributed by atoms with Crippen molar-refractivity contribution in [1.82, 2.24) is 0 Å². The zero-order chi connectivity index (χ0) is 11.0. The predicted octanol–water partition coefficient (Wildman–Crippen LogP) is 1.77. The average Bonchev–Trinajstić information content (AvgIpc) is 2.94. The molecule has 3 rings (SSSR count). The lowest BCUT2D eigenvalue weighted by molar-refractivity contribution is -0.105. The lowest BCUT2D eigenvalue weighted by Crippen LogP contribution is -2.17. The summed E-state index contributed by atoms with van der Waals surface area (Å²) in [5.41, 5.74) is 2.88. The molecule has 0 unspecified atom stereocenters. The molecule has 1 N–H and O–H groups in total. The number of carbonyl (C=O) groups is 1. The fourth-order valence-corrected chi connectivity index (χ4v) is 2.13. The maximum atomic E-state index is 10.5. The van der Waals surface area contributed by atoms with E-state index in [1.165, 1.54) is 0 Å². The highest BCUT2D eigenvalue weighted by molar-refractivity contribution is 6.11. The highest BCUT2D eigenvalue weighted by Gasteiger charge is 2.52. The number of para-hydroxylation sites is 1. The van der Waals surface area contributed by atoms with E-state index >= 15 is 0 Å². The van der Waals surface area contributed by atoms with Crippen molar-refractivity contribution in [3.8, 4) is 0 Å². The largest absolute Gasteiger partial charge is 0.395 e. The Hall–Kier alpha value is -1.84. The normalized spacial score (nSPS) is 20.1. The van der Waals surface area contributed by atoms with Crippen LogP contribution in [0.2, 0.25) is 0 Å². The lowest BCUT2D eigenvalue weighted by atomic mass is 9.94. The molecule has 82 valence electrons. The number of oxime groups is 1. The quantitative estimate of drug-likeness (QED) is 0.783. The van der Waals surface area contributed by atoms with Crippen molar-refractivity contribution in [2.24, 2.45) is 10.6 Å². The summed E-state index contributed by atoms with van der Waals surface area (Å²) < 4.78 is 0. The Kier molecular flexibility index (Phi) is 1.96. The third kappa shape index (κ3) is 1.30. The Labute approximate surface area is 93.3 Å². The molecule has 4 heteroatoms. The van der Waals surface area contributed by atoms with Gasteiger partial charge in [0.05, 0.1) is 11.1 Å². The van der Waals surface area contributed by atoms with Crippen molar-refractivity contribution in [3.63, 3.8) is 0 Å². The summed E-state index contributed by atoms with van der Waals surface area (Å²) in [5, 5.41) is 6.83. The maximum absolute atomic E-state index is 10.5. The number of nitrogens with zero attached hydrogens (tertiary/aromatic N) is 1. The van der Waals surface area contributed by atoms with Crippen molar-refractivity contribution < 1.29 is 9.63 Å². The molecular weight excluding hydrogens is 204 g/mol. The lowest BCUT2D eigenvalue weighted by Gasteiger charge is -2.11. The first-order valence-corrected chi connectivity index (χ1v) is 5.36. The van der Waals surface area contributed by atoms with Crippen LogP contribution in [0.3, 0.4) is 0 Å². The molecule has 2 aliphatic rings. The summed E-state index contributed by atoms with van der Waals surface area (Å²) in [6.07, 6.45) is 2.94. The summed E-state index contributed by atoms with van der Waals surface area (Å²) in [7, 11) is 0. The summed E-state index contributed by atoms with van der Waals surface area (Å²) in [6, 6.07) is 7.69. The van der Waals surface area contributed by atoms with Gasteiger partial charge in [-0.25, -0.2) is 0 Å². The van der Waals surface area contributed by atoms with Gasteiger partial charge in [-0.05, 0) is 18.9 Å². The number of anilines is 1. The molecule has 0 radical (unpaired) electrons. The molecule has 1 amide bonds. The van der Waals surface area contributed by atoms with E-state index in [0.717, 1.165) is 29.8 Å². The standard InChI is InChI=1S/C12H12N2O2/c15-8-13-10-4-2-1-3-9(10)11-12(5-6-12)7-16-14-11/h1-4,8H,5-7H2,(H,13,15). The number of amides is 1. The van der Waals surface area contributed by atoms with Crippen LogP contribution in [0.1, 0.15) is 18.4 Å². The second-order valence-electron chi connectivity index (χ2n) is 4.30. The SMILES string of the molecule is O=CNc1ccccc1C1=NOCC12CC2. The summed E-state index contributed by atoms with van der Waals surface area (Å²) in [4.78, 5) is 15.7. The number of benzene rings is 1. The summed E-state index contributed by atoms with van der Waals surface area (Å²) in [5.74, 6) is 0. The van der Waals surface area contributed by atoms with Crippen molar-refractivity contribution in [2.45, 2.75) is 12.8 Å². The van der Waals surface area contributed by atoms with Gasteiger partial charge in [-0.1, -0.05) is 23.4 Å². The van der Waals surface area contributed by atoms with Gasteiger partial charge in [0.15, 0.2) is 0 Å². The van der Waals surface area contributed by atoms with E-state index < -0.39 is 0 Å². The first-order chi connectivity index (χ1) is 7.86. The van der Waals surface area contributed by atoms with Crippen LogP contribution in [0.4, 0.5) is 5.69 Å². The molecule has 0 atom stereocenters. The minimum absolute atomic E-state index is 0.126. The van der Waals surface area contributed by atoms with Crippen LogP contribution >= 0.6 is 0 Å². The third-order valence-corrected chi connectivity index (χ3v) is 3.25. The van der Waals surface area contributed by atoms with E-state index in [2.05, 4.69) is 10.5 Å². The minimum Gasteiger partial charge on any atom is -0.395 e. The van der Waals surface area contributed by atoms with Crippen LogP contribution in [0.5, 0.6) is 0 Å². The van der Waals surface area contributed by atoms with Gasteiger partial charge in [0, 0.05) is 11.3 Å². The van der Waals surface area contributed by atoms with Crippen molar-refractivity contribution in [1.29, 1.82) is 0 Å². The fourth-order valence-electron chi connectivity index (χ4n) is 2.13. The monoisotopic (exact) mass is 216 g/mol. The highest BCUT2D eigenvalue weighted by Crippen LogP contribution is 2.52. The first-order valence-electron chi connectivity index (χ1n) is 5.36. The Bertz CT molecular complexity index is 464. The zero-order valence-corrected chi connectivity index (χ0v) is 8.77. The molecule has 1 aliphatic carbocycles. The van der Waals surface area contributed by atoms with Gasteiger partial charge < -0.3 is 10.2 Å². The molecule has 1 saturated carbocycles. The van der Waals surface area contributed by atoms with Crippen LogP contribution in [0, 0.1) is 5.41 Å². The average molecular weight is 216 g/mol. The van der Waals surface area contributed by atoms with E-state index in [-0.39, 0.29) is 5.41 Å². The molecule has 1 spiro atoms. The number of nitrogens with one attached hydrogen (secondary N) is 1. The number of carbonyl (C=O) groups excluding carboxylic acids is 1. The molecule has 1 heterocycles. The van der Waals surface area contributed by atoms with Gasteiger partial charge in [0.2, 0.25) is 6.41 Å². The van der Waals surface area contributed by atoms with E-state index in [4.69, 9.17) is 4.84 Å². The van der Waals surface area contributed by atoms with Gasteiger partial charge in [0.25, 0.3) is 0 Å². The van der Waals surface area contributed by atoms with Gasteiger partial charge in [-0.2, -0.15) is 0 Å². The van der Waals surface area contributed by atoms with Crippen molar-refractivity contribution in [3.05, 3.63) is 29.8 Å². The maximum Gasteiger partial charge on any atom is 0.211 e. The van der Waals surface area contributed by atoms with Crippen LogP contribution in [0.15, 0.2) is 29.4 Å². The Balaban J connectivity index is 2.02. The van der Waals surface area contributed by atoms with Crippen LogP contribution in [0.25, 0.3) is 0 Å². The smallest absolute Gasteiger partial charge is 0.211 e. The predicted molar refractivity (Wildman–Crippen MR) is 60.3 cm³/mol. The summed E-state index contributed by atoms with van der Waals surface area (Å²) in [6.45, 7) is 0.678. The van der Waals surface area contributed by atoms with E-state index in [1.807, 2.05) is 24.3 Å². The van der Waals surface area contributed by atoms with E-state index in [9.17, 15) is 4.79 Å². The minimum atomic E-state index is 0.126. The van der Waals surface area contributed by atoms with Crippen LogP contribution < -0.4 is 5.32 Å². The molecule has 1 aliphatic heterocycles. The van der Waals surface area contributed by atoms with Crippen LogP contribution in [-0.2, 0) is 9.63 Å². The topological polar surface area (TPSA) is 50.7 Å². The molecule has 0 saturated heterocycles. The molecule has 1 aromatic carbocycles. The number of rotatable bonds is 3. The molecule has 4 nitrogen and oxygen atoms in total. The van der Waals surface area contributed by atoms with E-state index in [0.29, 0.717) is 13.0 Å². The molecular formula is C12H12N2O2. The number of hydrogen-bond acceptors (Lipinski definition) is 3. The Morgan fingerprint density at radius 2 is 2.19 bits per heavy atom. The second-order valence-corrected chi connectivity index (χ2v) is 4.30. The second kappa shape index (κ2) is 3.33. The van der Waals surface area contributed by atoms with Gasteiger partial charge in [0.1, 0.15) is 6.61 Å². The Morgan fingerprint density at radius 3 is 2.94 bits per heavy atom. The third-order valence-electron chi connectivity index (χ3n) is 3.25. The molecule has 0 aromatic heterocycles. The van der Waals surface area contributed by atoms with Crippen molar-refractivity contribution >= 4 is 17.8 Å². The Morgan fingerprint density at radius 1 is 1.38 bits per heavy atom. The molecule has 16 heavy (non-hydrogen) atoms. The van der Waals surface area contributed by atoms with Gasteiger partial charge in [-0.3, -0.25) is 4.79 Å². The highest BCUT2D eigenvalue weighted by atomic mass is 16.6. The van der Waals surface area contributed by atoms with Gasteiger partial charge in [-0.15, -0.1) is 0 Å². The molecule has 1 aromatic rings. The van der Waals surface area contributed by atoms with Crippen molar-refractivity contribution in [2.75, 3.05) is 11.9 Å². The first kappa shape index (κ1) is 9.39. The summed E-state index contributed by atoms with van der Waals surface area (Å²) >= 11 is 0. The molecule has 0 bridgehead atoms. The molecule has 1 fully saturated rings. The number of hydrogen-bond donors (Lipinski definition) is 1. The van der Waals surface area contributed by atoms with Crippen LogP contribution in [-0.4, -0.2) is 18.7 Å². The fraction of sp³-hybridized carbons (Fsp3) is 0.333. The van der Waals surface area contributed by atoms with E-state index in [1.54, 1.807) is 0 Å². The zero-order valence-electron chi connectivity index (χ0n) is 8.77. The van der Waals surface area contributed by atoms with Gasteiger partial charge >= 0.3 is 0 Å².